The minimum atomic E-state index is -0.663. The number of carbonyl (C=O) groups excluding carboxylic acids is 2. The van der Waals surface area contributed by atoms with E-state index in [9.17, 15) is 9.59 Å². The Bertz CT molecular complexity index is 1190. The van der Waals surface area contributed by atoms with Crippen molar-refractivity contribution in [1.82, 2.24) is 10.6 Å². The van der Waals surface area contributed by atoms with Crippen LogP contribution in [0.4, 0.5) is 4.79 Å². The van der Waals surface area contributed by atoms with Crippen LogP contribution in [0.5, 0.6) is 5.75 Å². The van der Waals surface area contributed by atoms with Crippen LogP contribution in [0.15, 0.2) is 90.1 Å². The van der Waals surface area contributed by atoms with Crippen molar-refractivity contribution >= 4 is 23.6 Å². The van der Waals surface area contributed by atoms with Gasteiger partial charge in [0.05, 0.1) is 18.7 Å². The lowest BCUT2D eigenvalue weighted by molar-refractivity contribution is -0.140. The number of amides is 2. The topological polar surface area (TPSA) is 76.7 Å². The summed E-state index contributed by atoms with van der Waals surface area (Å²) in [5.41, 5.74) is 3.44. The normalized spacial score (nSPS) is 15.4. The average molecular weight is 477 g/mol. The first-order valence-corrected chi connectivity index (χ1v) is 11.3. The van der Waals surface area contributed by atoms with Crippen molar-refractivity contribution in [3.8, 4) is 5.75 Å². The Labute approximate surface area is 203 Å². The maximum atomic E-state index is 13.4. The largest absolute Gasteiger partial charge is 0.497 e. The molecule has 3 aromatic rings. The van der Waals surface area contributed by atoms with E-state index >= 15 is 0 Å². The van der Waals surface area contributed by atoms with Gasteiger partial charge in [-0.2, -0.15) is 0 Å². The fourth-order valence-electron chi connectivity index (χ4n) is 3.86. The molecule has 0 spiro atoms. The highest BCUT2D eigenvalue weighted by Crippen LogP contribution is 2.31. The Morgan fingerprint density at radius 2 is 1.65 bits per heavy atom. The van der Waals surface area contributed by atoms with Crippen molar-refractivity contribution in [2.45, 2.75) is 25.5 Å². The third kappa shape index (κ3) is 5.58. The molecule has 0 aromatic heterocycles. The predicted molar refractivity (Wildman–Crippen MR) is 130 cm³/mol. The molecule has 1 unspecified atom stereocenters. The monoisotopic (exact) mass is 476 g/mol. The Hall–Kier alpha value is -3.77. The van der Waals surface area contributed by atoms with Crippen LogP contribution in [-0.2, 0) is 22.6 Å². The van der Waals surface area contributed by atoms with Crippen LogP contribution in [-0.4, -0.2) is 19.1 Å². The zero-order valence-corrected chi connectivity index (χ0v) is 19.5. The quantitative estimate of drug-likeness (QED) is 0.431. The van der Waals surface area contributed by atoms with Crippen LogP contribution in [0, 0.1) is 0 Å². The summed E-state index contributed by atoms with van der Waals surface area (Å²) < 4.78 is 10.9. The van der Waals surface area contributed by atoms with Gasteiger partial charge in [0.25, 0.3) is 0 Å². The molecule has 2 N–H and O–H groups in total. The van der Waals surface area contributed by atoms with Gasteiger partial charge in [-0.05, 0) is 47.7 Å². The summed E-state index contributed by atoms with van der Waals surface area (Å²) in [5, 5.41) is 6.32. The second-order valence-corrected chi connectivity index (χ2v) is 8.26. The van der Waals surface area contributed by atoms with Gasteiger partial charge >= 0.3 is 12.0 Å². The van der Waals surface area contributed by atoms with Gasteiger partial charge in [0, 0.05) is 10.7 Å². The number of hydrogen-bond donors (Lipinski definition) is 2. The van der Waals surface area contributed by atoms with Crippen LogP contribution in [0.25, 0.3) is 0 Å². The number of carbonyl (C=O) groups is 2. The lowest BCUT2D eigenvalue weighted by Crippen LogP contribution is -2.46. The van der Waals surface area contributed by atoms with Gasteiger partial charge in [-0.3, -0.25) is 0 Å². The first kappa shape index (κ1) is 23.4. The van der Waals surface area contributed by atoms with Crippen LogP contribution in [0.2, 0.25) is 5.02 Å². The number of nitrogens with one attached hydrogen (secondary N) is 2. The van der Waals surface area contributed by atoms with Crippen molar-refractivity contribution in [3.05, 3.63) is 112 Å². The molecule has 2 amide bonds. The molecule has 0 aliphatic carbocycles. The molecular formula is C27H25ClN2O4. The fourth-order valence-corrected chi connectivity index (χ4v) is 4.09. The number of benzene rings is 3. The summed E-state index contributed by atoms with van der Waals surface area (Å²) in [6.45, 7) is 0.129. The average Bonchev–Trinajstić information content (AvgIpc) is 2.87. The summed E-state index contributed by atoms with van der Waals surface area (Å²) in [4.78, 5) is 25.9. The molecule has 0 bridgehead atoms. The number of aryl methyl sites for hydroxylation is 1. The molecule has 0 radical (unpaired) electrons. The second kappa shape index (κ2) is 10.9. The summed E-state index contributed by atoms with van der Waals surface area (Å²) in [7, 11) is 1.58. The summed E-state index contributed by atoms with van der Waals surface area (Å²) in [6.07, 6.45) is 0.972. The van der Waals surface area contributed by atoms with E-state index in [2.05, 4.69) is 10.6 Å². The number of urea groups is 1. The highest BCUT2D eigenvalue weighted by atomic mass is 35.5. The first-order chi connectivity index (χ1) is 16.5. The number of ether oxygens (including phenoxy) is 2. The van der Waals surface area contributed by atoms with E-state index in [1.54, 1.807) is 19.2 Å². The lowest BCUT2D eigenvalue weighted by Gasteiger charge is -2.29. The molecule has 0 fully saturated rings. The maximum absolute atomic E-state index is 13.4. The van der Waals surface area contributed by atoms with E-state index in [0.29, 0.717) is 34.9 Å². The van der Waals surface area contributed by atoms with Gasteiger partial charge < -0.3 is 20.1 Å². The molecule has 0 saturated heterocycles. The Balaban J connectivity index is 1.66. The third-order valence-corrected chi connectivity index (χ3v) is 6.01. The van der Waals surface area contributed by atoms with Crippen LogP contribution < -0.4 is 15.4 Å². The fraction of sp³-hybridized carbons (Fsp3) is 0.185. The third-order valence-electron chi connectivity index (χ3n) is 5.64. The zero-order chi connectivity index (χ0) is 23.9. The molecule has 3 aromatic carbocycles. The molecular weight excluding hydrogens is 452 g/mol. The number of methoxy groups -OCH3 is 1. The van der Waals surface area contributed by atoms with E-state index in [4.69, 9.17) is 21.1 Å². The van der Waals surface area contributed by atoms with Crippen LogP contribution in [0.3, 0.4) is 0 Å². The van der Waals surface area contributed by atoms with E-state index in [-0.39, 0.29) is 12.6 Å². The molecule has 6 nitrogen and oxygen atoms in total. The molecule has 7 heteroatoms. The SMILES string of the molecule is COc1ccc(C2NC(=O)NC(CCc3ccccc3Cl)=C2C(=O)OCc2ccccc2)cc1. The highest BCUT2D eigenvalue weighted by Gasteiger charge is 2.33. The number of allylic oxidation sites excluding steroid dienone is 1. The number of rotatable bonds is 8. The van der Waals surface area contributed by atoms with Crippen LogP contribution in [0.1, 0.15) is 29.2 Å². The Morgan fingerprint density at radius 3 is 2.35 bits per heavy atom. The van der Waals surface area contributed by atoms with Crippen molar-refractivity contribution in [2.24, 2.45) is 0 Å². The summed E-state index contributed by atoms with van der Waals surface area (Å²) >= 11 is 6.32. The molecule has 1 atom stereocenters. The minimum Gasteiger partial charge on any atom is -0.497 e. The molecule has 34 heavy (non-hydrogen) atoms. The van der Waals surface area contributed by atoms with E-state index in [1.807, 2.05) is 66.7 Å². The zero-order valence-electron chi connectivity index (χ0n) is 18.7. The first-order valence-electron chi connectivity index (χ1n) is 10.9. The van der Waals surface area contributed by atoms with E-state index < -0.39 is 12.0 Å². The Kier molecular flexibility index (Phi) is 7.50. The smallest absolute Gasteiger partial charge is 0.338 e. The molecule has 174 valence electrons. The lowest BCUT2D eigenvalue weighted by atomic mass is 9.93. The van der Waals surface area contributed by atoms with Gasteiger partial charge in [-0.1, -0.05) is 72.3 Å². The number of hydrogen-bond acceptors (Lipinski definition) is 4. The van der Waals surface area contributed by atoms with E-state index in [0.717, 1.165) is 16.7 Å². The minimum absolute atomic E-state index is 0.129. The van der Waals surface area contributed by atoms with E-state index in [1.165, 1.54) is 0 Å². The number of halogens is 1. The van der Waals surface area contributed by atoms with Crippen molar-refractivity contribution < 1.29 is 19.1 Å². The molecule has 1 aliphatic heterocycles. The van der Waals surface area contributed by atoms with Gasteiger partial charge in [0.2, 0.25) is 0 Å². The van der Waals surface area contributed by atoms with Crippen molar-refractivity contribution in [3.63, 3.8) is 0 Å². The molecule has 1 aliphatic rings. The second-order valence-electron chi connectivity index (χ2n) is 7.85. The van der Waals surface area contributed by atoms with Gasteiger partial charge in [-0.15, -0.1) is 0 Å². The predicted octanol–water partition coefficient (Wildman–Crippen LogP) is 5.33. The van der Waals surface area contributed by atoms with Gasteiger partial charge in [-0.25, -0.2) is 9.59 Å². The van der Waals surface area contributed by atoms with Crippen LogP contribution >= 0.6 is 11.6 Å². The standard InChI is InChI=1S/C27H25ClN2O4/c1-33-21-14-11-20(12-15-21)25-24(26(31)34-17-18-7-3-2-4-8-18)23(29-27(32)30-25)16-13-19-9-5-6-10-22(19)28/h2-12,14-15,25H,13,16-17H2,1H3,(H2,29,30,32). The van der Waals surface area contributed by atoms with Crippen molar-refractivity contribution in [1.29, 1.82) is 0 Å². The molecule has 0 saturated carbocycles. The summed E-state index contributed by atoms with van der Waals surface area (Å²) in [6, 6.07) is 23.2. The Morgan fingerprint density at radius 1 is 0.941 bits per heavy atom. The maximum Gasteiger partial charge on any atom is 0.338 e. The molecule has 4 rings (SSSR count). The number of esters is 1. The molecule has 1 heterocycles. The highest BCUT2D eigenvalue weighted by molar-refractivity contribution is 6.31. The van der Waals surface area contributed by atoms with Crippen molar-refractivity contribution in [2.75, 3.05) is 7.11 Å². The van der Waals surface area contributed by atoms with Gasteiger partial charge in [0.1, 0.15) is 12.4 Å². The summed E-state index contributed by atoms with van der Waals surface area (Å²) in [5.74, 6) is 0.187. The van der Waals surface area contributed by atoms with Gasteiger partial charge in [0.15, 0.2) is 0 Å².